The molecule has 0 aromatic carbocycles. The van der Waals surface area contributed by atoms with Crippen molar-refractivity contribution in [3.05, 3.63) is 20.3 Å². The summed E-state index contributed by atoms with van der Waals surface area (Å²) < 4.78 is 37.9. The van der Waals surface area contributed by atoms with Crippen molar-refractivity contribution in [1.29, 1.82) is 0 Å². The maximum absolute atomic E-state index is 12.6. The average Bonchev–Trinajstić information content (AvgIpc) is 2.66. The Morgan fingerprint density at radius 1 is 1.44 bits per heavy atom. The van der Waals surface area contributed by atoms with Crippen LogP contribution in [-0.2, 0) is 6.18 Å². The lowest BCUT2D eigenvalue weighted by Crippen LogP contribution is -2.09. The SMILES string of the molecule is CCCCC(C)C(O)c1scc(C(F)(F)F)c1Br. The van der Waals surface area contributed by atoms with Crippen molar-refractivity contribution in [2.24, 2.45) is 5.92 Å². The lowest BCUT2D eigenvalue weighted by Gasteiger charge is -2.18. The standard InChI is InChI=1S/C12H16BrF3OS/c1-3-4-5-7(2)10(17)11-9(13)8(6-18-11)12(14,15)16/h6-7,10,17H,3-5H2,1-2H3. The second-order valence-corrected chi connectivity index (χ2v) is 6.09. The maximum Gasteiger partial charge on any atom is 0.418 e. The molecule has 0 saturated heterocycles. The van der Waals surface area contributed by atoms with E-state index in [0.717, 1.165) is 36.0 Å². The molecule has 0 radical (unpaired) electrons. The minimum Gasteiger partial charge on any atom is -0.387 e. The summed E-state index contributed by atoms with van der Waals surface area (Å²) >= 11 is 3.91. The first-order chi connectivity index (χ1) is 8.29. The number of hydrogen-bond acceptors (Lipinski definition) is 2. The molecule has 104 valence electrons. The Morgan fingerprint density at radius 3 is 2.50 bits per heavy atom. The Kier molecular flexibility index (Phi) is 5.67. The average molecular weight is 345 g/mol. The predicted molar refractivity (Wildman–Crippen MR) is 70.7 cm³/mol. The zero-order valence-electron chi connectivity index (χ0n) is 10.2. The van der Waals surface area contributed by atoms with Crippen LogP contribution >= 0.6 is 27.3 Å². The Labute approximate surface area is 117 Å². The van der Waals surface area contributed by atoms with Crippen LogP contribution < -0.4 is 0 Å². The molecule has 0 aliphatic rings. The van der Waals surface area contributed by atoms with Gasteiger partial charge in [-0.15, -0.1) is 11.3 Å². The molecule has 1 nitrogen and oxygen atoms in total. The molecule has 6 heteroatoms. The van der Waals surface area contributed by atoms with Gasteiger partial charge in [-0.2, -0.15) is 13.2 Å². The summed E-state index contributed by atoms with van der Waals surface area (Å²) in [6.07, 6.45) is -2.43. The number of thiophene rings is 1. The lowest BCUT2D eigenvalue weighted by molar-refractivity contribution is -0.137. The van der Waals surface area contributed by atoms with E-state index in [4.69, 9.17) is 0 Å². The first kappa shape index (κ1) is 16.0. The Hall–Kier alpha value is -0.0700. The fraction of sp³-hybridized carbons (Fsp3) is 0.667. The zero-order valence-corrected chi connectivity index (χ0v) is 12.6. The quantitative estimate of drug-likeness (QED) is 0.759. The molecule has 1 heterocycles. The molecule has 1 N–H and O–H groups in total. The van der Waals surface area contributed by atoms with E-state index in [1.54, 1.807) is 0 Å². The third kappa shape index (κ3) is 3.71. The van der Waals surface area contributed by atoms with Crippen LogP contribution in [0.5, 0.6) is 0 Å². The fourth-order valence-corrected chi connectivity index (χ4v) is 3.78. The molecule has 1 aromatic rings. The van der Waals surface area contributed by atoms with Gasteiger partial charge in [0.15, 0.2) is 0 Å². The van der Waals surface area contributed by atoms with E-state index in [9.17, 15) is 18.3 Å². The van der Waals surface area contributed by atoms with E-state index in [1.807, 2.05) is 13.8 Å². The van der Waals surface area contributed by atoms with Gasteiger partial charge >= 0.3 is 6.18 Å². The van der Waals surface area contributed by atoms with Gasteiger partial charge in [0, 0.05) is 14.7 Å². The molecule has 2 atom stereocenters. The van der Waals surface area contributed by atoms with Gasteiger partial charge in [-0.05, 0) is 28.3 Å². The molecule has 1 rings (SSSR count). The number of aliphatic hydroxyl groups is 1. The molecule has 2 unspecified atom stereocenters. The molecule has 0 saturated carbocycles. The maximum atomic E-state index is 12.6. The van der Waals surface area contributed by atoms with Crippen molar-refractivity contribution in [1.82, 2.24) is 0 Å². The molecule has 0 amide bonds. The van der Waals surface area contributed by atoms with Crippen LogP contribution in [0.4, 0.5) is 13.2 Å². The highest BCUT2D eigenvalue weighted by Crippen LogP contribution is 2.44. The van der Waals surface area contributed by atoms with Crippen molar-refractivity contribution in [3.8, 4) is 0 Å². The van der Waals surface area contributed by atoms with E-state index in [2.05, 4.69) is 15.9 Å². The van der Waals surface area contributed by atoms with Crippen molar-refractivity contribution >= 4 is 27.3 Å². The van der Waals surface area contributed by atoms with E-state index in [1.165, 1.54) is 0 Å². The summed E-state index contributed by atoms with van der Waals surface area (Å²) in [4.78, 5) is 0.367. The van der Waals surface area contributed by atoms with Gasteiger partial charge in [-0.25, -0.2) is 0 Å². The first-order valence-electron chi connectivity index (χ1n) is 5.81. The van der Waals surface area contributed by atoms with Crippen molar-refractivity contribution in [2.45, 2.75) is 45.4 Å². The summed E-state index contributed by atoms with van der Waals surface area (Å²) in [7, 11) is 0. The van der Waals surface area contributed by atoms with Gasteiger partial charge < -0.3 is 5.11 Å². The fourth-order valence-electron chi connectivity index (χ4n) is 1.69. The van der Waals surface area contributed by atoms with Crippen LogP contribution in [0.3, 0.4) is 0 Å². The Morgan fingerprint density at radius 2 is 2.06 bits per heavy atom. The highest BCUT2D eigenvalue weighted by Gasteiger charge is 2.36. The van der Waals surface area contributed by atoms with E-state index < -0.39 is 17.8 Å². The van der Waals surface area contributed by atoms with Gasteiger partial charge in [0.2, 0.25) is 0 Å². The van der Waals surface area contributed by atoms with Crippen LogP contribution in [0.1, 0.15) is 49.7 Å². The van der Waals surface area contributed by atoms with Crippen molar-refractivity contribution in [2.75, 3.05) is 0 Å². The van der Waals surface area contributed by atoms with Crippen LogP contribution in [0.15, 0.2) is 9.85 Å². The van der Waals surface area contributed by atoms with Gasteiger partial charge in [0.1, 0.15) is 0 Å². The third-order valence-electron chi connectivity index (χ3n) is 2.88. The Balaban J connectivity index is 2.87. The molecule has 0 bridgehead atoms. The number of unbranched alkanes of at least 4 members (excludes halogenated alkanes) is 1. The Bertz CT molecular complexity index is 389. The second-order valence-electron chi connectivity index (χ2n) is 4.39. The molecule has 18 heavy (non-hydrogen) atoms. The normalized spacial score (nSPS) is 15.7. The molecular weight excluding hydrogens is 329 g/mol. The largest absolute Gasteiger partial charge is 0.418 e. The topological polar surface area (TPSA) is 20.2 Å². The summed E-state index contributed by atoms with van der Waals surface area (Å²) in [5, 5.41) is 11.1. The summed E-state index contributed by atoms with van der Waals surface area (Å²) in [6, 6.07) is 0. The number of halogens is 4. The van der Waals surface area contributed by atoms with Crippen molar-refractivity contribution in [3.63, 3.8) is 0 Å². The van der Waals surface area contributed by atoms with Gasteiger partial charge in [-0.3, -0.25) is 0 Å². The van der Waals surface area contributed by atoms with Crippen LogP contribution in [0, 0.1) is 5.92 Å². The number of aliphatic hydroxyl groups excluding tert-OH is 1. The van der Waals surface area contributed by atoms with Gasteiger partial charge in [-0.1, -0.05) is 26.7 Å². The van der Waals surface area contributed by atoms with Crippen LogP contribution in [0.2, 0.25) is 0 Å². The summed E-state index contributed by atoms with van der Waals surface area (Å²) in [5.41, 5.74) is -0.704. The van der Waals surface area contributed by atoms with E-state index in [0.29, 0.717) is 4.88 Å². The highest BCUT2D eigenvalue weighted by molar-refractivity contribution is 9.10. The molecular formula is C12H16BrF3OS. The molecule has 0 fully saturated rings. The first-order valence-corrected chi connectivity index (χ1v) is 7.48. The highest BCUT2D eigenvalue weighted by atomic mass is 79.9. The van der Waals surface area contributed by atoms with Gasteiger partial charge in [0.25, 0.3) is 0 Å². The molecule has 0 spiro atoms. The van der Waals surface area contributed by atoms with Crippen LogP contribution in [-0.4, -0.2) is 5.11 Å². The zero-order chi connectivity index (χ0) is 13.9. The third-order valence-corrected chi connectivity index (χ3v) is 5.05. The van der Waals surface area contributed by atoms with E-state index in [-0.39, 0.29) is 10.4 Å². The minimum atomic E-state index is -4.38. The second kappa shape index (κ2) is 6.39. The van der Waals surface area contributed by atoms with Crippen molar-refractivity contribution < 1.29 is 18.3 Å². The summed E-state index contributed by atoms with van der Waals surface area (Å²) in [5.74, 6) is -0.0408. The van der Waals surface area contributed by atoms with E-state index >= 15 is 0 Å². The minimum absolute atomic E-state index is 0.0177. The number of hydrogen-bond donors (Lipinski definition) is 1. The molecule has 1 aromatic heterocycles. The predicted octanol–water partition coefficient (Wildman–Crippen LogP) is 5.39. The summed E-state index contributed by atoms with van der Waals surface area (Å²) in [6.45, 7) is 3.90. The monoisotopic (exact) mass is 344 g/mol. The lowest BCUT2D eigenvalue weighted by atomic mass is 9.97. The molecule has 0 aliphatic heterocycles. The van der Waals surface area contributed by atoms with Crippen LogP contribution in [0.25, 0.3) is 0 Å². The molecule has 0 aliphatic carbocycles. The number of rotatable bonds is 5. The smallest absolute Gasteiger partial charge is 0.387 e. The number of alkyl halides is 3. The van der Waals surface area contributed by atoms with Gasteiger partial charge in [0.05, 0.1) is 11.7 Å².